The first-order valence-electron chi connectivity index (χ1n) is 6.27. The second kappa shape index (κ2) is 5.82. The molecule has 0 amide bonds. The van der Waals surface area contributed by atoms with Crippen molar-refractivity contribution in [3.8, 4) is 0 Å². The lowest BCUT2D eigenvalue weighted by Crippen LogP contribution is -2.32. The third-order valence-electron chi connectivity index (χ3n) is 3.66. The summed E-state index contributed by atoms with van der Waals surface area (Å²) in [6.07, 6.45) is 0.758. The van der Waals surface area contributed by atoms with Crippen molar-refractivity contribution >= 4 is 22.6 Å². The Kier molecular flexibility index (Phi) is 4.59. The van der Waals surface area contributed by atoms with Gasteiger partial charge in [-0.2, -0.15) is 0 Å². The average Bonchev–Trinajstić information content (AvgIpc) is 2.32. The van der Waals surface area contributed by atoms with Crippen LogP contribution < -0.4 is 0 Å². The minimum absolute atomic E-state index is 0.0175. The van der Waals surface area contributed by atoms with Crippen LogP contribution in [0.4, 0.5) is 8.78 Å². The van der Waals surface area contributed by atoms with Gasteiger partial charge < -0.3 is 5.11 Å². The van der Waals surface area contributed by atoms with E-state index in [1.807, 2.05) is 24.3 Å². The molecule has 0 spiro atoms. The molecule has 0 heterocycles. The van der Waals surface area contributed by atoms with E-state index >= 15 is 0 Å². The lowest BCUT2D eigenvalue weighted by Gasteiger charge is -2.31. The molecule has 1 aliphatic rings. The van der Waals surface area contributed by atoms with Gasteiger partial charge in [0, 0.05) is 16.4 Å². The number of halogens is 3. The van der Waals surface area contributed by atoms with Crippen molar-refractivity contribution in [1.29, 1.82) is 0 Å². The van der Waals surface area contributed by atoms with Crippen molar-refractivity contribution in [3.63, 3.8) is 0 Å². The molecule has 1 saturated carbocycles. The molecule has 4 heteroatoms. The highest BCUT2D eigenvalue weighted by atomic mass is 127. The molecule has 1 aliphatic carbocycles. The van der Waals surface area contributed by atoms with Crippen molar-refractivity contribution in [3.05, 3.63) is 33.4 Å². The van der Waals surface area contributed by atoms with Crippen LogP contribution in [0, 0.1) is 9.49 Å². The predicted octanol–water partition coefficient (Wildman–Crippen LogP) is 4.02. The number of hydrogen-bond acceptors (Lipinski definition) is 1. The Hall–Kier alpha value is -0.230. The molecule has 0 bridgehead atoms. The zero-order chi connectivity index (χ0) is 13.2. The van der Waals surface area contributed by atoms with Gasteiger partial charge in [-0.3, -0.25) is 0 Å². The second-order valence-electron chi connectivity index (χ2n) is 5.09. The third-order valence-corrected chi connectivity index (χ3v) is 4.38. The summed E-state index contributed by atoms with van der Waals surface area (Å²) in [5.74, 6) is -2.50. The monoisotopic (exact) mass is 366 g/mol. The van der Waals surface area contributed by atoms with E-state index in [9.17, 15) is 13.9 Å². The summed E-state index contributed by atoms with van der Waals surface area (Å²) in [5.41, 5.74) is 1.07. The molecular formula is C14H17F2IO. The standard InChI is InChI=1S/C14H17F2IO/c15-14(16)7-5-11(6-8-14)13(18)9-10-1-3-12(17)4-2-10/h1-4,11,13,18H,5-9H2. The fourth-order valence-corrected chi connectivity index (χ4v) is 2.84. The van der Waals surface area contributed by atoms with Gasteiger partial charge in [-0.15, -0.1) is 0 Å². The summed E-state index contributed by atoms with van der Waals surface area (Å²) >= 11 is 2.23. The number of benzene rings is 1. The smallest absolute Gasteiger partial charge is 0.248 e. The number of rotatable bonds is 3. The summed E-state index contributed by atoms with van der Waals surface area (Å²) in [7, 11) is 0. The number of aliphatic hydroxyl groups excluding tert-OH is 1. The van der Waals surface area contributed by atoms with E-state index in [0.29, 0.717) is 19.3 Å². The van der Waals surface area contributed by atoms with Gasteiger partial charge in [0.05, 0.1) is 6.10 Å². The van der Waals surface area contributed by atoms with E-state index in [-0.39, 0.29) is 18.8 Å². The van der Waals surface area contributed by atoms with Gasteiger partial charge >= 0.3 is 0 Å². The lowest BCUT2D eigenvalue weighted by atomic mass is 9.81. The molecule has 18 heavy (non-hydrogen) atoms. The molecule has 1 atom stereocenters. The summed E-state index contributed by atoms with van der Waals surface area (Å²) in [6, 6.07) is 7.97. The Bertz CT molecular complexity index is 381. The Morgan fingerprint density at radius 1 is 1.22 bits per heavy atom. The molecule has 0 aromatic heterocycles. The molecule has 1 N–H and O–H groups in total. The van der Waals surface area contributed by atoms with Gasteiger partial charge in [0.2, 0.25) is 5.92 Å². The largest absolute Gasteiger partial charge is 0.392 e. The summed E-state index contributed by atoms with van der Waals surface area (Å²) in [5, 5.41) is 10.1. The van der Waals surface area contributed by atoms with E-state index < -0.39 is 12.0 Å². The summed E-state index contributed by atoms with van der Waals surface area (Å²) < 4.78 is 27.2. The highest BCUT2D eigenvalue weighted by molar-refractivity contribution is 14.1. The van der Waals surface area contributed by atoms with Crippen LogP contribution in [0.5, 0.6) is 0 Å². The number of aliphatic hydroxyl groups is 1. The first-order chi connectivity index (χ1) is 8.46. The maximum Gasteiger partial charge on any atom is 0.248 e. The average molecular weight is 366 g/mol. The van der Waals surface area contributed by atoms with E-state index in [0.717, 1.165) is 9.13 Å². The number of hydrogen-bond donors (Lipinski definition) is 1. The van der Waals surface area contributed by atoms with Gasteiger partial charge in [-0.05, 0) is 65.5 Å². The Labute approximate surface area is 120 Å². The van der Waals surface area contributed by atoms with Crippen LogP contribution in [0.1, 0.15) is 31.2 Å². The quantitative estimate of drug-likeness (QED) is 0.802. The molecule has 100 valence electrons. The maximum absolute atomic E-state index is 13.0. The SMILES string of the molecule is OC(Cc1ccc(I)cc1)C1CCC(F)(F)CC1. The molecule has 1 aromatic carbocycles. The fourth-order valence-electron chi connectivity index (χ4n) is 2.48. The van der Waals surface area contributed by atoms with Gasteiger partial charge in [-0.25, -0.2) is 8.78 Å². The van der Waals surface area contributed by atoms with E-state index in [1.54, 1.807) is 0 Å². The molecule has 1 fully saturated rings. The zero-order valence-electron chi connectivity index (χ0n) is 10.1. The van der Waals surface area contributed by atoms with Crippen LogP contribution in [-0.2, 0) is 6.42 Å². The fraction of sp³-hybridized carbons (Fsp3) is 0.571. The maximum atomic E-state index is 13.0. The third kappa shape index (κ3) is 3.88. The summed E-state index contributed by atoms with van der Waals surface area (Å²) in [4.78, 5) is 0. The first-order valence-corrected chi connectivity index (χ1v) is 7.34. The number of alkyl halides is 2. The van der Waals surface area contributed by atoms with Crippen LogP contribution in [0.3, 0.4) is 0 Å². The van der Waals surface area contributed by atoms with Crippen LogP contribution in [0.2, 0.25) is 0 Å². The molecular weight excluding hydrogens is 349 g/mol. The van der Waals surface area contributed by atoms with Crippen LogP contribution in [0.15, 0.2) is 24.3 Å². The topological polar surface area (TPSA) is 20.2 Å². The lowest BCUT2D eigenvalue weighted by molar-refractivity contribution is -0.0619. The molecule has 2 rings (SSSR count). The van der Waals surface area contributed by atoms with Gasteiger partial charge in [0.25, 0.3) is 0 Å². The van der Waals surface area contributed by atoms with Gasteiger partial charge in [0.1, 0.15) is 0 Å². The molecule has 1 unspecified atom stereocenters. The van der Waals surface area contributed by atoms with E-state index in [1.165, 1.54) is 0 Å². The highest BCUT2D eigenvalue weighted by Crippen LogP contribution is 2.37. The normalized spacial score (nSPS) is 21.8. The molecule has 1 aromatic rings. The minimum atomic E-state index is -2.51. The van der Waals surface area contributed by atoms with E-state index in [4.69, 9.17) is 0 Å². The Balaban J connectivity index is 1.89. The Morgan fingerprint density at radius 2 is 1.78 bits per heavy atom. The summed E-state index contributed by atoms with van der Waals surface area (Å²) in [6.45, 7) is 0. The minimum Gasteiger partial charge on any atom is -0.392 e. The second-order valence-corrected chi connectivity index (χ2v) is 6.34. The van der Waals surface area contributed by atoms with Crippen molar-refractivity contribution in [2.75, 3.05) is 0 Å². The Morgan fingerprint density at radius 3 is 2.33 bits per heavy atom. The van der Waals surface area contributed by atoms with Gasteiger partial charge in [-0.1, -0.05) is 12.1 Å². The molecule has 0 aliphatic heterocycles. The molecule has 0 radical (unpaired) electrons. The first kappa shape index (κ1) is 14.2. The van der Waals surface area contributed by atoms with Crippen molar-refractivity contribution in [2.24, 2.45) is 5.92 Å². The molecule has 0 saturated heterocycles. The zero-order valence-corrected chi connectivity index (χ0v) is 12.2. The van der Waals surface area contributed by atoms with Crippen LogP contribution in [0.25, 0.3) is 0 Å². The predicted molar refractivity (Wildman–Crippen MR) is 75.8 cm³/mol. The van der Waals surface area contributed by atoms with Crippen molar-refractivity contribution < 1.29 is 13.9 Å². The van der Waals surface area contributed by atoms with Crippen molar-refractivity contribution in [2.45, 2.75) is 44.1 Å². The van der Waals surface area contributed by atoms with Crippen molar-refractivity contribution in [1.82, 2.24) is 0 Å². The van der Waals surface area contributed by atoms with E-state index in [2.05, 4.69) is 22.6 Å². The van der Waals surface area contributed by atoms with Crippen LogP contribution >= 0.6 is 22.6 Å². The van der Waals surface area contributed by atoms with Crippen LogP contribution in [-0.4, -0.2) is 17.1 Å². The van der Waals surface area contributed by atoms with Gasteiger partial charge in [0.15, 0.2) is 0 Å². The molecule has 1 nitrogen and oxygen atoms in total. The highest BCUT2D eigenvalue weighted by Gasteiger charge is 2.37.